The highest BCUT2D eigenvalue weighted by Gasteiger charge is 2.43. The zero-order valence-corrected chi connectivity index (χ0v) is 18.8. The van der Waals surface area contributed by atoms with Gasteiger partial charge in [0.25, 0.3) is 0 Å². The minimum Gasteiger partial charge on any atom is -0.309 e. The Morgan fingerprint density at radius 1 is 1.34 bits per heavy atom. The van der Waals surface area contributed by atoms with Crippen LogP contribution in [0.1, 0.15) is 6.42 Å². The molecule has 35 heavy (non-hydrogen) atoms. The van der Waals surface area contributed by atoms with Gasteiger partial charge in [0.05, 0.1) is 40.6 Å². The molecule has 0 unspecified atom stereocenters. The summed E-state index contributed by atoms with van der Waals surface area (Å²) in [4.78, 5) is 17.6. The third-order valence-electron chi connectivity index (χ3n) is 5.92. The molecule has 0 spiro atoms. The molecule has 2 N–H and O–H groups in total. The van der Waals surface area contributed by atoms with Gasteiger partial charge in [-0.1, -0.05) is 11.6 Å². The van der Waals surface area contributed by atoms with E-state index in [2.05, 4.69) is 35.8 Å². The second-order valence-corrected chi connectivity index (χ2v) is 8.55. The van der Waals surface area contributed by atoms with Crippen LogP contribution in [0.5, 0.6) is 0 Å². The quantitative estimate of drug-likeness (QED) is 0.379. The standard InChI is InChI=1S/C22H16ClF2N9O/c1-33(22-26-3-4-27-31-22)20-18(25)17(23)16(13-9-28-30-19(13)20)10-2-5-34-11(6-10)7-15(32-34)29-21(35)12-8-14(12)24/h2-7,9,12,14H,8H2,1H3,(H,28,30)(H,29,32,35)/t12-,14+/m1/s1. The minimum atomic E-state index is -1.10. The number of aromatic nitrogens is 7. The maximum Gasteiger partial charge on any atom is 0.249 e. The Morgan fingerprint density at radius 2 is 2.17 bits per heavy atom. The number of carbonyl (C=O) groups excluding carboxylic acids is 1. The van der Waals surface area contributed by atoms with Crippen molar-refractivity contribution in [2.75, 3.05) is 17.3 Å². The van der Waals surface area contributed by atoms with Crippen molar-refractivity contribution in [3.05, 3.63) is 53.8 Å². The maximum atomic E-state index is 15.7. The van der Waals surface area contributed by atoms with Crippen molar-refractivity contribution in [1.82, 2.24) is 35.0 Å². The van der Waals surface area contributed by atoms with Crippen LogP contribution >= 0.6 is 11.6 Å². The van der Waals surface area contributed by atoms with E-state index in [4.69, 9.17) is 11.6 Å². The van der Waals surface area contributed by atoms with Gasteiger partial charge in [-0.05, 0) is 24.1 Å². The Hall–Kier alpha value is -4.19. The van der Waals surface area contributed by atoms with Crippen molar-refractivity contribution in [2.45, 2.75) is 12.6 Å². The van der Waals surface area contributed by atoms with E-state index in [1.54, 1.807) is 42.2 Å². The summed E-state index contributed by atoms with van der Waals surface area (Å²) >= 11 is 6.57. The number of hydrogen-bond acceptors (Lipinski definition) is 7. The zero-order valence-electron chi connectivity index (χ0n) is 18.1. The molecule has 13 heteroatoms. The second kappa shape index (κ2) is 7.94. The molecular weight excluding hydrogens is 480 g/mol. The summed E-state index contributed by atoms with van der Waals surface area (Å²) in [6, 6.07) is 5.14. The van der Waals surface area contributed by atoms with Gasteiger partial charge in [0.15, 0.2) is 11.6 Å². The molecule has 0 saturated heterocycles. The number of H-pyrrole nitrogens is 1. The number of nitrogens with one attached hydrogen (secondary N) is 2. The Balaban J connectivity index is 1.43. The van der Waals surface area contributed by atoms with Crippen LogP contribution in [0.2, 0.25) is 5.02 Å². The van der Waals surface area contributed by atoms with E-state index >= 15 is 4.39 Å². The van der Waals surface area contributed by atoms with E-state index < -0.39 is 23.8 Å². The Labute approximate surface area is 200 Å². The van der Waals surface area contributed by atoms with Crippen molar-refractivity contribution < 1.29 is 13.6 Å². The lowest BCUT2D eigenvalue weighted by Crippen LogP contribution is -2.16. The monoisotopic (exact) mass is 495 g/mol. The molecule has 2 atom stereocenters. The lowest BCUT2D eigenvalue weighted by atomic mass is 10.0. The molecule has 5 aromatic rings. The van der Waals surface area contributed by atoms with E-state index in [9.17, 15) is 9.18 Å². The molecule has 0 bridgehead atoms. The number of benzene rings is 1. The summed E-state index contributed by atoms with van der Waals surface area (Å²) in [5, 5.41) is 22.1. The molecule has 1 aliphatic rings. The van der Waals surface area contributed by atoms with Crippen LogP contribution in [-0.2, 0) is 4.79 Å². The Morgan fingerprint density at radius 3 is 2.91 bits per heavy atom. The molecule has 4 heterocycles. The SMILES string of the molecule is CN(c1nccnn1)c1c(F)c(Cl)c(-c2ccn3nc(NC(=O)[C@@H]4C[C@@H]4F)cc3c2)c2cn[nH]c12. The molecular formula is C22H16ClF2N9O. The first-order valence-corrected chi connectivity index (χ1v) is 11.0. The fourth-order valence-corrected chi connectivity index (χ4v) is 4.36. The molecule has 176 valence electrons. The average molecular weight is 496 g/mol. The first kappa shape index (κ1) is 21.4. The molecule has 1 saturated carbocycles. The number of halogens is 3. The molecule has 1 aromatic carbocycles. The van der Waals surface area contributed by atoms with Crippen LogP contribution in [0.15, 0.2) is 43.0 Å². The first-order chi connectivity index (χ1) is 16.9. The van der Waals surface area contributed by atoms with Gasteiger partial charge in [-0.25, -0.2) is 18.3 Å². The molecule has 1 fully saturated rings. The van der Waals surface area contributed by atoms with E-state index in [1.807, 2.05) is 0 Å². The van der Waals surface area contributed by atoms with Crippen LogP contribution < -0.4 is 10.2 Å². The maximum absolute atomic E-state index is 15.7. The van der Waals surface area contributed by atoms with Crippen LogP contribution in [0.3, 0.4) is 0 Å². The number of rotatable bonds is 5. The van der Waals surface area contributed by atoms with E-state index in [0.29, 0.717) is 33.4 Å². The lowest BCUT2D eigenvalue weighted by Gasteiger charge is -2.20. The number of hydrogen-bond donors (Lipinski definition) is 2. The molecule has 6 rings (SSSR count). The third kappa shape index (κ3) is 3.53. The van der Waals surface area contributed by atoms with E-state index in [0.717, 1.165) is 0 Å². The number of carbonyl (C=O) groups is 1. The second-order valence-electron chi connectivity index (χ2n) is 8.17. The highest BCUT2D eigenvalue weighted by molar-refractivity contribution is 6.36. The summed E-state index contributed by atoms with van der Waals surface area (Å²) < 4.78 is 30.4. The smallest absolute Gasteiger partial charge is 0.249 e. The summed E-state index contributed by atoms with van der Waals surface area (Å²) in [5.74, 6) is -1.22. The lowest BCUT2D eigenvalue weighted by molar-refractivity contribution is -0.117. The van der Waals surface area contributed by atoms with Crippen molar-refractivity contribution in [2.24, 2.45) is 5.92 Å². The fraction of sp³-hybridized carbons (Fsp3) is 0.182. The van der Waals surface area contributed by atoms with Crippen molar-refractivity contribution in [3.63, 3.8) is 0 Å². The van der Waals surface area contributed by atoms with E-state index in [1.165, 1.54) is 17.3 Å². The highest BCUT2D eigenvalue weighted by Crippen LogP contribution is 2.43. The third-order valence-corrected chi connectivity index (χ3v) is 6.28. The number of pyridine rings is 1. The molecule has 0 aliphatic heterocycles. The average Bonchev–Trinajstić information content (AvgIpc) is 3.22. The van der Waals surface area contributed by atoms with Gasteiger partial charge in [-0.3, -0.25) is 9.89 Å². The minimum absolute atomic E-state index is 0.107. The zero-order chi connectivity index (χ0) is 24.3. The number of alkyl halides is 1. The van der Waals surface area contributed by atoms with Crippen LogP contribution in [0.25, 0.3) is 27.5 Å². The normalized spacial score (nSPS) is 17.1. The number of nitrogens with zero attached hydrogens (tertiary/aromatic N) is 7. The van der Waals surface area contributed by atoms with Crippen molar-refractivity contribution in [1.29, 1.82) is 0 Å². The first-order valence-electron chi connectivity index (χ1n) is 10.6. The number of aromatic amines is 1. The predicted molar refractivity (Wildman–Crippen MR) is 125 cm³/mol. The van der Waals surface area contributed by atoms with Crippen LogP contribution in [-0.4, -0.2) is 54.1 Å². The summed E-state index contributed by atoms with van der Waals surface area (Å²) in [5.41, 5.74) is 2.21. The largest absolute Gasteiger partial charge is 0.309 e. The highest BCUT2D eigenvalue weighted by atomic mass is 35.5. The van der Waals surface area contributed by atoms with Crippen LogP contribution in [0, 0.1) is 11.7 Å². The van der Waals surface area contributed by atoms with Crippen molar-refractivity contribution >= 4 is 51.4 Å². The topological polar surface area (TPSA) is 117 Å². The molecule has 1 aliphatic carbocycles. The van der Waals surface area contributed by atoms with Crippen LogP contribution in [0.4, 0.5) is 26.2 Å². The van der Waals surface area contributed by atoms with Gasteiger partial charge in [0, 0.05) is 30.3 Å². The number of amides is 1. The van der Waals surface area contributed by atoms with Crippen molar-refractivity contribution in [3.8, 4) is 11.1 Å². The molecule has 10 nitrogen and oxygen atoms in total. The van der Waals surface area contributed by atoms with Gasteiger partial charge in [0.2, 0.25) is 11.9 Å². The molecule has 4 aromatic heterocycles. The summed E-state index contributed by atoms with van der Waals surface area (Å²) in [6.07, 6.45) is 5.23. The van der Waals surface area contributed by atoms with E-state index in [-0.39, 0.29) is 23.1 Å². The Kier molecular flexibility index (Phi) is 4.85. The summed E-state index contributed by atoms with van der Waals surface area (Å²) in [7, 11) is 1.60. The van der Waals surface area contributed by atoms with Gasteiger partial charge in [0.1, 0.15) is 11.9 Å². The number of fused-ring (bicyclic) bond motifs is 2. The predicted octanol–water partition coefficient (Wildman–Crippen LogP) is 3.92. The Bertz CT molecular complexity index is 1600. The number of anilines is 3. The van der Waals surface area contributed by atoms with Gasteiger partial charge < -0.3 is 10.2 Å². The van der Waals surface area contributed by atoms with Gasteiger partial charge in [-0.2, -0.15) is 15.3 Å². The summed E-state index contributed by atoms with van der Waals surface area (Å²) in [6.45, 7) is 0. The van der Waals surface area contributed by atoms with Gasteiger partial charge >= 0.3 is 0 Å². The van der Waals surface area contributed by atoms with Gasteiger partial charge in [-0.15, -0.1) is 5.10 Å². The molecule has 0 radical (unpaired) electrons. The fourth-order valence-electron chi connectivity index (χ4n) is 4.05. The molecule has 1 amide bonds.